The molecule has 0 saturated heterocycles. The van der Waals surface area contributed by atoms with E-state index in [4.69, 9.17) is 11.6 Å². The molecule has 3 heteroatoms. The monoisotopic (exact) mass is 255 g/mol. The van der Waals surface area contributed by atoms with Gasteiger partial charge in [-0.15, -0.1) is 11.6 Å². The fraction of sp³-hybridized carbons (Fsp3) is 0.929. The van der Waals surface area contributed by atoms with Crippen LogP contribution in [0.25, 0.3) is 0 Å². The Morgan fingerprint density at radius 2 is 1.82 bits per heavy atom. The highest BCUT2D eigenvalue weighted by Gasteiger charge is 2.56. The van der Waals surface area contributed by atoms with Crippen LogP contribution in [0.5, 0.6) is 0 Å². The van der Waals surface area contributed by atoms with Crippen LogP contribution in [-0.4, -0.2) is 17.8 Å². The molecule has 1 amide bonds. The molecule has 4 unspecified atom stereocenters. The van der Waals surface area contributed by atoms with Crippen LogP contribution in [0.15, 0.2) is 0 Å². The summed E-state index contributed by atoms with van der Waals surface area (Å²) >= 11 is 6.17. The van der Waals surface area contributed by atoms with Gasteiger partial charge in [0.25, 0.3) is 0 Å². The molecule has 3 aliphatic carbocycles. The standard InChI is InChI=1S/C14H22ClNO/c15-10-4-1-3-9(7-10)8-16-14(17)13-11-5-2-6-12(11)13/h9-13H,1-8H2,(H,16,17). The van der Waals surface area contributed by atoms with Crippen molar-refractivity contribution in [2.75, 3.05) is 6.54 Å². The first kappa shape index (κ1) is 11.8. The van der Waals surface area contributed by atoms with Gasteiger partial charge in [-0.2, -0.15) is 0 Å². The predicted octanol–water partition coefficient (Wildman–Crippen LogP) is 2.95. The largest absolute Gasteiger partial charge is 0.356 e. The van der Waals surface area contributed by atoms with Crippen molar-refractivity contribution >= 4 is 17.5 Å². The Morgan fingerprint density at radius 3 is 2.53 bits per heavy atom. The molecule has 0 bridgehead atoms. The lowest BCUT2D eigenvalue weighted by Crippen LogP contribution is -2.33. The Morgan fingerprint density at radius 1 is 1.12 bits per heavy atom. The number of fused-ring (bicyclic) bond motifs is 1. The van der Waals surface area contributed by atoms with Crippen molar-refractivity contribution in [1.82, 2.24) is 5.32 Å². The molecular weight excluding hydrogens is 234 g/mol. The summed E-state index contributed by atoms with van der Waals surface area (Å²) in [6.45, 7) is 0.859. The van der Waals surface area contributed by atoms with Gasteiger partial charge in [-0.3, -0.25) is 4.79 Å². The van der Waals surface area contributed by atoms with Crippen molar-refractivity contribution in [3.05, 3.63) is 0 Å². The third-order valence-electron chi connectivity index (χ3n) is 4.99. The molecule has 0 aromatic heterocycles. The summed E-state index contributed by atoms with van der Waals surface area (Å²) in [4.78, 5) is 12.0. The van der Waals surface area contributed by atoms with Crippen LogP contribution in [0, 0.1) is 23.7 Å². The quantitative estimate of drug-likeness (QED) is 0.772. The highest BCUT2D eigenvalue weighted by molar-refractivity contribution is 6.20. The van der Waals surface area contributed by atoms with Crippen LogP contribution in [0.2, 0.25) is 0 Å². The molecule has 0 heterocycles. The molecule has 4 atom stereocenters. The Bertz CT molecular complexity index is 297. The summed E-state index contributed by atoms with van der Waals surface area (Å²) in [6.07, 6.45) is 8.62. The smallest absolute Gasteiger partial charge is 0.223 e. The van der Waals surface area contributed by atoms with Gasteiger partial charge in [-0.1, -0.05) is 12.8 Å². The van der Waals surface area contributed by atoms with E-state index in [2.05, 4.69) is 5.32 Å². The molecule has 1 N–H and O–H groups in total. The summed E-state index contributed by atoms with van der Waals surface area (Å²) in [7, 11) is 0. The lowest BCUT2D eigenvalue weighted by atomic mass is 9.89. The zero-order valence-corrected chi connectivity index (χ0v) is 11.1. The maximum absolute atomic E-state index is 12.0. The summed E-state index contributed by atoms with van der Waals surface area (Å²) in [5.41, 5.74) is 0. The zero-order valence-electron chi connectivity index (χ0n) is 10.3. The molecule has 3 aliphatic rings. The number of hydrogen-bond acceptors (Lipinski definition) is 1. The van der Waals surface area contributed by atoms with E-state index in [0.29, 0.717) is 23.1 Å². The molecule has 3 rings (SSSR count). The Hall–Kier alpha value is -0.240. The number of carbonyl (C=O) groups excluding carboxylic acids is 1. The first-order valence-corrected chi connectivity index (χ1v) is 7.61. The number of alkyl halides is 1. The zero-order chi connectivity index (χ0) is 11.8. The second-order valence-corrected chi connectivity index (χ2v) is 6.78. The Kier molecular flexibility index (Phi) is 3.34. The van der Waals surface area contributed by atoms with Crippen molar-refractivity contribution in [1.29, 1.82) is 0 Å². The molecule has 3 fully saturated rings. The third kappa shape index (κ3) is 2.47. The van der Waals surface area contributed by atoms with Gasteiger partial charge < -0.3 is 5.32 Å². The van der Waals surface area contributed by atoms with Crippen molar-refractivity contribution < 1.29 is 4.79 Å². The maximum Gasteiger partial charge on any atom is 0.223 e. The van der Waals surface area contributed by atoms with E-state index < -0.39 is 0 Å². The Labute approximate surface area is 108 Å². The van der Waals surface area contributed by atoms with Crippen molar-refractivity contribution in [3.8, 4) is 0 Å². The summed E-state index contributed by atoms with van der Waals surface area (Å²) in [5, 5.41) is 3.50. The van der Waals surface area contributed by atoms with Gasteiger partial charge in [0, 0.05) is 17.8 Å². The molecule has 3 saturated carbocycles. The summed E-state index contributed by atoms with van der Waals surface area (Å²) in [5.74, 6) is 2.80. The number of hydrogen-bond donors (Lipinski definition) is 1. The van der Waals surface area contributed by atoms with E-state index >= 15 is 0 Å². The minimum Gasteiger partial charge on any atom is -0.356 e. The maximum atomic E-state index is 12.0. The van der Waals surface area contributed by atoms with Gasteiger partial charge in [0.15, 0.2) is 0 Å². The average Bonchev–Trinajstić information content (AvgIpc) is 2.80. The lowest BCUT2D eigenvalue weighted by Gasteiger charge is -2.25. The van der Waals surface area contributed by atoms with Crippen LogP contribution in [-0.2, 0) is 4.79 Å². The lowest BCUT2D eigenvalue weighted by molar-refractivity contribution is -0.123. The number of halogens is 1. The highest BCUT2D eigenvalue weighted by Crippen LogP contribution is 2.57. The minimum atomic E-state index is 0.330. The van der Waals surface area contributed by atoms with Crippen LogP contribution in [0.3, 0.4) is 0 Å². The summed E-state index contributed by atoms with van der Waals surface area (Å²) < 4.78 is 0. The van der Waals surface area contributed by atoms with E-state index in [1.54, 1.807) is 0 Å². The van der Waals surface area contributed by atoms with E-state index in [0.717, 1.165) is 31.2 Å². The average molecular weight is 256 g/mol. The first-order valence-electron chi connectivity index (χ1n) is 7.17. The van der Waals surface area contributed by atoms with Crippen molar-refractivity contribution in [3.63, 3.8) is 0 Å². The molecule has 17 heavy (non-hydrogen) atoms. The number of amides is 1. The van der Waals surface area contributed by atoms with E-state index in [-0.39, 0.29) is 0 Å². The van der Waals surface area contributed by atoms with Crippen LogP contribution in [0.1, 0.15) is 44.9 Å². The second kappa shape index (κ2) is 4.79. The molecular formula is C14H22ClNO. The molecule has 0 aliphatic heterocycles. The summed E-state index contributed by atoms with van der Waals surface area (Å²) in [6, 6.07) is 0. The second-order valence-electron chi connectivity index (χ2n) is 6.16. The predicted molar refractivity (Wildman–Crippen MR) is 68.9 cm³/mol. The normalized spacial score (nSPS) is 44.2. The fourth-order valence-corrected chi connectivity index (χ4v) is 4.39. The SMILES string of the molecule is O=C(NCC1CCCC(Cl)C1)C1C2CCCC21. The molecule has 2 nitrogen and oxygen atoms in total. The van der Waals surface area contributed by atoms with Gasteiger partial charge in [0.1, 0.15) is 0 Å². The van der Waals surface area contributed by atoms with Crippen molar-refractivity contribution in [2.24, 2.45) is 23.7 Å². The van der Waals surface area contributed by atoms with Crippen molar-refractivity contribution in [2.45, 2.75) is 50.3 Å². The Balaban J connectivity index is 1.41. The van der Waals surface area contributed by atoms with Gasteiger partial charge >= 0.3 is 0 Å². The molecule has 0 radical (unpaired) electrons. The van der Waals surface area contributed by atoms with Crippen LogP contribution >= 0.6 is 11.6 Å². The number of rotatable bonds is 3. The van der Waals surface area contributed by atoms with Gasteiger partial charge in [-0.05, 0) is 49.9 Å². The number of carbonyl (C=O) groups is 1. The van der Waals surface area contributed by atoms with Crippen LogP contribution < -0.4 is 5.32 Å². The first-order chi connectivity index (χ1) is 8.25. The van der Waals surface area contributed by atoms with E-state index in [9.17, 15) is 4.79 Å². The fourth-order valence-electron chi connectivity index (χ4n) is 3.98. The molecule has 96 valence electrons. The van der Waals surface area contributed by atoms with E-state index in [1.165, 1.54) is 32.1 Å². The van der Waals surface area contributed by atoms with Gasteiger partial charge in [0.2, 0.25) is 5.91 Å². The number of nitrogens with one attached hydrogen (secondary N) is 1. The third-order valence-corrected chi connectivity index (χ3v) is 5.39. The van der Waals surface area contributed by atoms with Crippen LogP contribution in [0.4, 0.5) is 0 Å². The van der Waals surface area contributed by atoms with Gasteiger partial charge in [0.05, 0.1) is 0 Å². The molecule has 0 spiro atoms. The molecule has 0 aromatic rings. The highest BCUT2D eigenvalue weighted by atomic mass is 35.5. The van der Waals surface area contributed by atoms with E-state index in [1.807, 2.05) is 0 Å². The van der Waals surface area contributed by atoms with Gasteiger partial charge in [-0.25, -0.2) is 0 Å². The minimum absolute atomic E-state index is 0.330. The molecule has 0 aromatic carbocycles. The topological polar surface area (TPSA) is 29.1 Å².